The van der Waals surface area contributed by atoms with Crippen LogP contribution in [0.15, 0.2) is 12.4 Å². The highest BCUT2D eigenvalue weighted by Gasteiger charge is 2.60. The van der Waals surface area contributed by atoms with Crippen LogP contribution in [0.3, 0.4) is 0 Å². The van der Waals surface area contributed by atoms with Gasteiger partial charge >= 0.3 is 6.09 Å². The summed E-state index contributed by atoms with van der Waals surface area (Å²) in [6, 6.07) is -0.865. The SMILES string of the molecule is CC(C)OC(=O)N1CCCC(NS(C)(=O)=O)[C@@H]1CO[C@H]1CC[C@@]2(c3ncc(F)cn3)C[C@H]2C1. The average Bonchev–Trinajstić information content (AvgIpc) is 3.46. The second-order valence-electron chi connectivity index (χ2n) is 9.84. The Labute approximate surface area is 194 Å². The summed E-state index contributed by atoms with van der Waals surface area (Å²) in [5, 5.41) is 0. The zero-order valence-electron chi connectivity index (χ0n) is 19.4. The molecule has 3 aliphatic rings. The van der Waals surface area contributed by atoms with Gasteiger partial charge in [0.25, 0.3) is 0 Å². The third-order valence-electron chi connectivity index (χ3n) is 6.98. The van der Waals surface area contributed by atoms with Crippen LogP contribution in [0.2, 0.25) is 0 Å². The summed E-state index contributed by atoms with van der Waals surface area (Å²) in [5.41, 5.74) is -0.0775. The van der Waals surface area contributed by atoms with Gasteiger partial charge in [-0.2, -0.15) is 0 Å². The van der Waals surface area contributed by atoms with Crippen LogP contribution in [-0.4, -0.2) is 73.1 Å². The Morgan fingerprint density at radius 2 is 2.06 bits per heavy atom. The standard InChI is InChI=1S/C22H33FN4O5S/c1-14(2)32-21(28)27-8-4-5-18(26-33(3,29)30)19(27)13-31-17-6-7-22(10-15(22)9-17)20-24-11-16(23)12-25-20/h11-12,14-15,17-19,26H,4-10,13H2,1-3H3/t15-,17+,18?,19+,22-/m1/s1. The lowest BCUT2D eigenvalue weighted by atomic mass is 9.86. The number of sulfonamides is 1. The van der Waals surface area contributed by atoms with Crippen molar-refractivity contribution in [3.05, 3.63) is 24.0 Å². The minimum atomic E-state index is -3.44. The number of rotatable bonds is 7. The zero-order valence-corrected chi connectivity index (χ0v) is 20.2. The largest absolute Gasteiger partial charge is 0.447 e. The summed E-state index contributed by atoms with van der Waals surface area (Å²) in [5.74, 6) is 0.661. The molecule has 1 aromatic heterocycles. The van der Waals surface area contributed by atoms with Crippen LogP contribution in [-0.2, 0) is 24.9 Å². The number of ether oxygens (including phenoxy) is 2. The van der Waals surface area contributed by atoms with E-state index >= 15 is 0 Å². The predicted molar refractivity (Wildman–Crippen MR) is 118 cm³/mol. The number of hydrogen-bond acceptors (Lipinski definition) is 7. The van der Waals surface area contributed by atoms with Crippen LogP contribution in [0.1, 0.15) is 58.2 Å². The molecule has 0 spiro atoms. The van der Waals surface area contributed by atoms with Gasteiger partial charge in [0.15, 0.2) is 5.82 Å². The molecule has 2 aliphatic carbocycles. The molecule has 3 fully saturated rings. The van der Waals surface area contributed by atoms with E-state index in [1.54, 1.807) is 18.7 Å². The van der Waals surface area contributed by atoms with E-state index in [4.69, 9.17) is 9.47 Å². The van der Waals surface area contributed by atoms with Crippen molar-refractivity contribution < 1.29 is 27.1 Å². The van der Waals surface area contributed by atoms with Crippen molar-refractivity contribution in [2.24, 2.45) is 5.92 Å². The van der Waals surface area contributed by atoms with Crippen LogP contribution in [0.4, 0.5) is 9.18 Å². The van der Waals surface area contributed by atoms with Crippen molar-refractivity contribution >= 4 is 16.1 Å². The van der Waals surface area contributed by atoms with E-state index in [9.17, 15) is 17.6 Å². The van der Waals surface area contributed by atoms with Crippen molar-refractivity contribution in [1.29, 1.82) is 0 Å². The summed E-state index contributed by atoms with van der Waals surface area (Å²) >= 11 is 0. The fourth-order valence-corrected chi connectivity index (χ4v) is 6.19. The van der Waals surface area contributed by atoms with Gasteiger partial charge in [0.2, 0.25) is 10.0 Å². The number of aromatic nitrogens is 2. The second kappa shape index (κ2) is 9.42. The van der Waals surface area contributed by atoms with E-state index in [-0.39, 0.29) is 24.2 Å². The Balaban J connectivity index is 1.39. The highest BCUT2D eigenvalue weighted by molar-refractivity contribution is 7.88. The van der Waals surface area contributed by atoms with Gasteiger partial charge in [-0.25, -0.2) is 32.3 Å². The lowest BCUT2D eigenvalue weighted by Crippen LogP contribution is -2.59. The van der Waals surface area contributed by atoms with Gasteiger partial charge < -0.3 is 14.4 Å². The molecule has 0 aromatic carbocycles. The molecule has 5 atom stereocenters. The van der Waals surface area contributed by atoms with Crippen LogP contribution in [0, 0.1) is 11.7 Å². The molecule has 9 nitrogen and oxygen atoms in total. The Kier molecular flexibility index (Phi) is 6.93. The molecular weight excluding hydrogens is 451 g/mol. The molecule has 1 unspecified atom stereocenters. The van der Waals surface area contributed by atoms with Gasteiger partial charge in [0.05, 0.1) is 43.5 Å². The molecule has 4 rings (SSSR count). The number of hydrogen-bond donors (Lipinski definition) is 1. The normalized spacial score (nSPS) is 31.8. The summed E-state index contributed by atoms with van der Waals surface area (Å²) < 4.78 is 51.4. The number of carbonyl (C=O) groups is 1. The third-order valence-corrected chi connectivity index (χ3v) is 7.71. The van der Waals surface area contributed by atoms with Crippen LogP contribution in [0.25, 0.3) is 0 Å². The maximum absolute atomic E-state index is 13.2. The van der Waals surface area contributed by atoms with E-state index in [0.717, 1.165) is 31.9 Å². The van der Waals surface area contributed by atoms with E-state index in [1.165, 1.54) is 12.4 Å². The van der Waals surface area contributed by atoms with Gasteiger partial charge in [-0.05, 0) is 58.3 Å². The lowest BCUT2D eigenvalue weighted by molar-refractivity contribution is -0.0307. The maximum Gasteiger partial charge on any atom is 0.410 e. The second-order valence-corrected chi connectivity index (χ2v) is 11.6. The summed E-state index contributed by atoms with van der Waals surface area (Å²) in [7, 11) is -3.44. The van der Waals surface area contributed by atoms with Gasteiger partial charge in [-0.15, -0.1) is 0 Å². The highest BCUT2D eigenvalue weighted by Crippen LogP contribution is 2.61. The molecule has 2 heterocycles. The number of carbonyl (C=O) groups excluding carboxylic acids is 1. The first-order valence-electron chi connectivity index (χ1n) is 11.6. The summed E-state index contributed by atoms with van der Waals surface area (Å²) in [4.78, 5) is 22.7. The van der Waals surface area contributed by atoms with Crippen molar-refractivity contribution in [3.63, 3.8) is 0 Å². The van der Waals surface area contributed by atoms with Gasteiger partial charge in [0.1, 0.15) is 5.82 Å². The Morgan fingerprint density at radius 1 is 1.33 bits per heavy atom. The van der Waals surface area contributed by atoms with Gasteiger partial charge in [0, 0.05) is 18.0 Å². The lowest BCUT2D eigenvalue weighted by Gasteiger charge is -2.41. The molecule has 1 aromatic rings. The quantitative estimate of drug-likeness (QED) is 0.633. The fraction of sp³-hybridized carbons (Fsp3) is 0.773. The van der Waals surface area contributed by atoms with E-state index in [0.29, 0.717) is 31.1 Å². The molecule has 11 heteroatoms. The number of nitrogens with zero attached hydrogens (tertiary/aromatic N) is 3. The molecule has 184 valence electrons. The zero-order chi connectivity index (χ0) is 23.8. The molecule has 33 heavy (non-hydrogen) atoms. The van der Waals surface area contributed by atoms with Crippen LogP contribution >= 0.6 is 0 Å². The van der Waals surface area contributed by atoms with Gasteiger partial charge in [-0.3, -0.25) is 0 Å². The minimum absolute atomic E-state index is 0.00912. The van der Waals surface area contributed by atoms with Crippen molar-refractivity contribution in [2.45, 2.75) is 82.1 Å². The Hall–Kier alpha value is -1.85. The molecule has 1 aliphatic heterocycles. The third kappa shape index (κ3) is 5.63. The average molecular weight is 485 g/mol. The van der Waals surface area contributed by atoms with Crippen LogP contribution < -0.4 is 4.72 Å². The number of amides is 1. The number of likely N-dealkylation sites (tertiary alicyclic amines) is 1. The molecule has 0 bridgehead atoms. The summed E-state index contributed by atoms with van der Waals surface area (Å²) in [6.45, 7) is 4.31. The Morgan fingerprint density at radius 3 is 2.70 bits per heavy atom. The molecule has 0 radical (unpaired) electrons. The fourth-order valence-electron chi connectivity index (χ4n) is 5.36. The summed E-state index contributed by atoms with van der Waals surface area (Å²) in [6.07, 6.45) is 7.66. The molecule has 1 saturated heterocycles. The molecular formula is C22H33FN4O5S. The molecule has 1 N–H and O–H groups in total. The van der Waals surface area contributed by atoms with Crippen molar-refractivity contribution in [3.8, 4) is 0 Å². The van der Waals surface area contributed by atoms with Crippen molar-refractivity contribution in [2.75, 3.05) is 19.4 Å². The topological polar surface area (TPSA) is 111 Å². The number of halogens is 1. The van der Waals surface area contributed by atoms with Crippen LogP contribution in [0.5, 0.6) is 0 Å². The monoisotopic (exact) mass is 484 g/mol. The maximum atomic E-state index is 13.2. The first-order chi connectivity index (χ1) is 15.6. The minimum Gasteiger partial charge on any atom is -0.447 e. The smallest absolute Gasteiger partial charge is 0.410 e. The number of nitrogens with one attached hydrogen (secondary N) is 1. The first-order valence-corrected chi connectivity index (χ1v) is 13.5. The Bertz CT molecular complexity index is 960. The van der Waals surface area contributed by atoms with Crippen molar-refractivity contribution in [1.82, 2.24) is 19.6 Å². The number of piperidine rings is 1. The molecule has 2 saturated carbocycles. The predicted octanol–water partition coefficient (Wildman–Crippen LogP) is 2.37. The van der Waals surface area contributed by atoms with E-state index < -0.39 is 34.0 Å². The van der Waals surface area contributed by atoms with E-state index in [1.807, 2.05) is 0 Å². The first kappa shape index (κ1) is 24.3. The number of fused-ring (bicyclic) bond motifs is 1. The highest BCUT2D eigenvalue weighted by atomic mass is 32.2. The molecule has 1 amide bonds. The van der Waals surface area contributed by atoms with E-state index in [2.05, 4.69) is 14.7 Å². The van der Waals surface area contributed by atoms with Gasteiger partial charge in [-0.1, -0.05) is 0 Å².